The van der Waals surface area contributed by atoms with Gasteiger partial charge in [0.2, 0.25) is 17.5 Å². The average Bonchev–Trinajstić information content (AvgIpc) is 3.50. The van der Waals surface area contributed by atoms with E-state index in [0.717, 1.165) is 48.4 Å². The number of nitriles is 1. The van der Waals surface area contributed by atoms with Gasteiger partial charge in [-0.05, 0) is 58.2 Å². The third kappa shape index (κ3) is 3.56. The van der Waals surface area contributed by atoms with Crippen molar-refractivity contribution in [3.05, 3.63) is 53.0 Å². The fraction of sp³-hybridized carbons (Fsp3) is 0.333. The zero-order chi connectivity index (χ0) is 22.2. The Morgan fingerprint density at radius 2 is 1.62 bits per heavy atom. The fourth-order valence-electron chi connectivity index (χ4n) is 4.05. The maximum atomic E-state index is 9.69. The number of nitrogens with zero attached hydrogens (tertiary/aromatic N) is 6. The minimum Gasteiger partial charge on any atom is -0.417 e. The van der Waals surface area contributed by atoms with E-state index in [1.165, 1.54) is 6.42 Å². The minimum atomic E-state index is 0.256. The van der Waals surface area contributed by atoms with Crippen LogP contribution in [0.5, 0.6) is 0 Å². The van der Waals surface area contributed by atoms with Crippen molar-refractivity contribution in [2.24, 2.45) is 0 Å². The lowest BCUT2D eigenvalue weighted by Gasteiger charge is -2.25. The van der Waals surface area contributed by atoms with Gasteiger partial charge < -0.3 is 13.7 Å². The number of aromatic nitrogens is 4. The maximum Gasteiger partial charge on any atom is 0.254 e. The summed E-state index contributed by atoms with van der Waals surface area (Å²) < 4.78 is 14.0. The van der Waals surface area contributed by atoms with Crippen molar-refractivity contribution in [1.82, 2.24) is 19.7 Å². The van der Waals surface area contributed by atoms with E-state index in [-0.39, 0.29) is 11.6 Å². The smallest absolute Gasteiger partial charge is 0.254 e. The Morgan fingerprint density at radius 1 is 0.906 bits per heavy atom. The van der Waals surface area contributed by atoms with Crippen molar-refractivity contribution in [3.8, 4) is 35.0 Å². The molecule has 1 aliphatic rings. The first-order valence-electron chi connectivity index (χ1n) is 10.8. The second-order valence-electron chi connectivity index (χ2n) is 8.21. The first-order chi connectivity index (χ1) is 15.5. The summed E-state index contributed by atoms with van der Waals surface area (Å²) in [5, 5.41) is 14.3. The monoisotopic (exact) mass is 428 g/mol. The third-order valence-corrected chi connectivity index (χ3v) is 5.67. The Bertz CT molecular complexity index is 1300. The predicted octanol–water partition coefficient (Wildman–Crippen LogP) is 4.97. The lowest BCUT2D eigenvalue weighted by Crippen LogP contribution is -2.29. The second-order valence-corrected chi connectivity index (χ2v) is 8.21. The number of hydrogen-bond donors (Lipinski definition) is 0. The highest BCUT2D eigenvalue weighted by molar-refractivity contribution is 5.66. The SMILES string of the molecule is Cc1ccc(-c2nc(-c3nc(C#N)c(N4CCCCC4)o3)c(-n3nc(C)cc3C)o2)cc1. The summed E-state index contributed by atoms with van der Waals surface area (Å²) in [7, 11) is 0. The van der Waals surface area contributed by atoms with Crippen molar-refractivity contribution < 1.29 is 8.83 Å². The summed E-state index contributed by atoms with van der Waals surface area (Å²) in [5.41, 5.74) is 4.44. The molecule has 8 nitrogen and oxygen atoms in total. The van der Waals surface area contributed by atoms with Crippen molar-refractivity contribution >= 4 is 5.88 Å². The highest BCUT2D eigenvalue weighted by atomic mass is 16.4. The molecule has 0 spiro atoms. The van der Waals surface area contributed by atoms with Crippen molar-refractivity contribution in [2.45, 2.75) is 40.0 Å². The molecule has 8 heteroatoms. The van der Waals surface area contributed by atoms with Gasteiger partial charge in [0.25, 0.3) is 11.8 Å². The van der Waals surface area contributed by atoms with Gasteiger partial charge in [0, 0.05) is 24.3 Å². The Kier molecular flexibility index (Phi) is 5.02. The number of oxazole rings is 2. The number of hydrogen-bond acceptors (Lipinski definition) is 7. The van der Waals surface area contributed by atoms with Crippen LogP contribution in [0.2, 0.25) is 0 Å². The van der Waals surface area contributed by atoms with Gasteiger partial charge in [0.05, 0.1) is 5.69 Å². The van der Waals surface area contributed by atoms with Crippen LogP contribution in [0, 0.1) is 32.1 Å². The van der Waals surface area contributed by atoms with Gasteiger partial charge in [-0.25, -0.2) is 9.67 Å². The lowest BCUT2D eigenvalue weighted by molar-refractivity contribution is 0.500. The molecular weight excluding hydrogens is 404 g/mol. The quantitative estimate of drug-likeness (QED) is 0.453. The summed E-state index contributed by atoms with van der Waals surface area (Å²) in [4.78, 5) is 11.3. The van der Waals surface area contributed by atoms with Gasteiger partial charge in [0.1, 0.15) is 6.07 Å². The summed E-state index contributed by atoms with van der Waals surface area (Å²) in [6, 6.07) is 12.1. The fourth-order valence-corrected chi connectivity index (χ4v) is 4.05. The minimum absolute atomic E-state index is 0.256. The van der Waals surface area contributed by atoms with E-state index in [2.05, 4.69) is 21.1 Å². The molecule has 1 fully saturated rings. The molecule has 1 aliphatic heterocycles. The highest BCUT2D eigenvalue weighted by Crippen LogP contribution is 2.35. The van der Waals surface area contributed by atoms with Gasteiger partial charge in [-0.15, -0.1) is 0 Å². The van der Waals surface area contributed by atoms with Gasteiger partial charge in [-0.1, -0.05) is 17.7 Å². The molecule has 32 heavy (non-hydrogen) atoms. The molecule has 0 amide bonds. The zero-order valence-electron chi connectivity index (χ0n) is 18.4. The van der Waals surface area contributed by atoms with Gasteiger partial charge in [-0.3, -0.25) is 0 Å². The molecule has 5 rings (SSSR count). The van der Waals surface area contributed by atoms with E-state index in [1.54, 1.807) is 4.68 Å². The molecule has 4 aromatic rings. The molecule has 1 saturated heterocycles. The molecule has 1 aromatic carbocycles. The molecule has 0 saturated carbocycles. The zero-order valence-corrected chi connectivity index (χ0v) is 18.4. The van der Waals surface area contributed by atoms with Crippen LogP contribution in [0.15, 0.2) is 39.2 Å². The highest BCUT2D eigenvalue weighted by Gasteiger charge is 2.28. The molecule has 3 aromatic heterocycles. The third-order valence-electron chi connectivity index (χ3n) is 5.67. The molecule has 162 valence electrons. The number of rotatable bonds is 4. The number of piperidine rings is 1. The van der Waals surface area contributed by atoms with Crippen LogP contribution in [0.1, 0.15) is 41.9 Å². The van der Waals surface area contributed by atoms with Crippen LogP contribution >= 0.6 is 0 Å². The summed E-state index contributed by atoms with van der Waals surface area (Å²) in [5.74, 6) is 1.62. The average molecular weight is 428 g/mol. The van der Waals surface area contributed by atoms with Crippen LogP contribution in [-0.2, 0) is 0 Å². The molecular formula is C24H24N6O2. The number of aryl methyl sites for hydroxylation is 3. The molecule has 0 radical (unpaired) electrons. The van der Waals surface area contributed by atoms with Gasteiger partial charge in [-0.2, -0.15) is 15.3 Å². The van der Waals surface area contributed by atoms with Crippen LogP contribution in [0.25, 0.3) is 28.9 Å². The van der Waals surface area contributed by atoms with Crippen LogP contribution in [0.3, 0.4) is 0 Å². The molecule has 0 bridgehead atoms. The van der Waals surface area contributed by atoms with Crippen LogP contribution in [0.4, 0.5) is 5.88 Å². The Labute approximate surface area is 186 Å². The van der Waals surface area contributed by atoms with E-state index >= 15 is 0 Å². The van der Waals surface area contributed by atoms with Crippen molar-refractivity contribution in [3.63, 3.8) is 0 Å². The first kappa shape index (κ1) is 20.1. The maximum absolute atomic E-state index is 9.69. The van der Waals surface area contributed by atoms with E-state index in [1.807, 2.05) is 51.1 Å². The number of anilines is 1. The predicted molar refractivity (Wildman–Crippen MR) is 120 cm³/mol. The van der Waals surface area contributed by atoms with E-state index in [0.29, 0.717) is 23.4 Å². The van der Waals surface area contributed by atoms with Gasteiger partial charge >= 0.3 is 0 Å². The first-order valence-corrected chi connectivity index (χ1v) is 10.8. The Balaban J connectivity index is 1.66. The summed E-state index contributed by atoms with van der Waals surface area (Å²) in [6.07, 6.45) is 3.32. The van der Waals surface area contributed by atoms with Crippen LogP contribution < -0.4 is 4.90 Å². The number of benzene rings is 1. The lowest BCUT2D eigenvalue weighted by atomic mass is 10.1. The Morgan fingerprint density at radius 3 is 2.28 bits per heavy atom. The summed E-state index contributed by atoms with van der Waals surface area (Å²) >= 11 is 0. The topological polar surface area (TPSA) is 96.9 Å². The summed E-state index contributed by atoms with van der Waals surface area (Å²) in [6.45, 7) is 7.60. The Hall–Kier alpha value is -3.86. The molecule has 0 N–H and O–H groups in total. The van der Waals surface area contributed by atoms with Crippen molar-refractivity contribution in [1.29, 1.82) is 5.26 Å². The van der Waals surface area contributed by atoms with E-state index < -0.39 is 0 Å². The largest absolute Gasteiger partial charge is 0.417 e. The molecule has 0 aliphatic carbocycles. The molecule has 0 unspecified atom stereocenters. The molecule has 0 atom stereocenters. The van der Waals surface area contributed by atoms with E-state index in [4.69, 9.17) is 13.8 Å². The van der Waals surface area contributed by atoms with Crippen LogP contribution in [-0.4, -0.2) is 32.8 Å². The van der Waals surface area contributed by atoms with E-state index in [9.17, 15) is 5.26 Å². The second kappa shape index (κ2) is 8.00. The molecule has 4 heterocycles. The van der Waals surface area contributed by atoms with Crippen molar-refractivity contribution in [2.75, 3.05) is 18.0 Å². The standard InChI is InChI=1S/C24H24N6O2/c1-15-7-9-18(10-8-15)21-27-20(24(31-21)30-17(3)13-16(2)28-30)22-26-19(14-25)23(32-22)29-11-5-4-6-12-29/h7-10,13H,4-6,11-12H2,1-3H3. The van der Waals surface area contributed by atoms with Gasteiger partial charge in [0.15, 0.2) is 5.69 Å². The normalized spacial score (nSPS) is 14.0.